The fourth-order valence-corrected chi connectivity index (χ4v) is 2.73. The molecule has 0 aromatic carbocycles. The number of rotatable bonds is 5. The van der Waals surface area contributed by atoms with E-state index in [0.717, 1.165) is 0 Å². The predicted octanol–water partition coefficient (Wildman–Crippen LogP) is 4.37. The first-order chi connectivity index (χ1) is 6.97. The highest BCUT2D eigenvalue weighted by Gasteiger charge is 2.33. The Labute approximate surface area is 107 Å². The van der Waals surface area contributed by atoms with Gasteiger partial charge in [0.25, 0.3) is 14.3 Å². The summed E-state index contributed by atoms with van der Waals surface area (Å²) in [6, 6.07) is 0. The van der Waals surface area contributed by atoms with Crippen LogP contribution < -0.4 is 0 Å². The molecule has 0 rings (SSSR count). The number of hydrogen-bond donors (Lipinski definition) is 0. The fraction of sp³-hybridized carbons (Fsp3) is 0.909. The zero-order chi connectivity index (χ0) is 13.1. The molecule has 0 saturated heterocycles. The fourth-order valence-electron chi connectivity index (χ4n) is 0.946. The van der Waals surface area contributed by atoms with Gasteiger partial charge in [-0.25, -0.2) is 0 Å². The van der Waals surface area contributed by atoms with E-state index in [0.29, 0.717) is 12.0 Å². The zero-order valence-electron chi connectivity index (χ0n) is 11.6. The van der Waals surface area contributed by atoms with Crippen molar-refractivity contribution in [2.45, 2.75) is 64.5 Å². The van der Waals surface area contributed by atoms with Crippen molar-refractivity contribution in [1.29, 1.82) is 0 Å². The molecule has 1 atom stereocenters. The highest BCUT2D eigenvalue weighted by Crippen LogP contribution is 2.30. The quantitative estimate of drug-likeness (QED) is 0.552. The van der Waals surface area contributed by atoms with Crippen LogP contribution in [0.1, 0.15) is 27.2 Å². The summed E-state index contributed by atoms with van der Waals surface area (Å²) in [5.74, 6) is -0.0703. The monoisotopic (exact) mass is 280 g/mol. The summed E-state index contributed by atoms with van der Waals surface area (Å²) in [4.78, 5) is 11.8. The van der Waals surface area contributed by atoms with Crippen molar-refractivity contribution < 1.29 is 9.22 Å². The smallest absolute Gasteiger partial charge is 0.292 e. The lowest BCUT2D eigenvalue weighted by molar-refractivity contribution is -0.135. The zero-order valence-corrected chi connectivity index (χ0v) is 14.3. The Bertz CT molecular complexity index is 247. The summed E-state index contributed by atoms with van der Waals surface area (Å²) in [6.07, 6.45) is 0.464. The van der Waals surface area contributed by atoms with E-state index < -0.39 is 15.7 Å². The highest BCUT2D eigenvalue weighted by molar-refractivity contribution is 7.19. The first-order valence-corrected chi connectivity index (χ1v) is 12.9. The van der Waals surface area contributed by atoms with Crippen molar-refractivity contribution >= 4 is 32.7 Å². The molecule has 0 aromatic rings. The van der Waals surface area contributed by atoms with E-state index in [4.69, 9.17) is 15.5 Å². The second-order valence-electron chi connectivity index (χ2n) is 5.90. The molecule has 0 amide bonds. The average molecular weight is 281 g/mol. The van der Waals surface area contributed by atoms with Gasteiger partial charge in [0.2, 0.25) is 0 Å². The topological polar surface area (TPSA) is 26.3 Å². The molecule has 16 heavy (non-hydrogen) atoms. The molecule has 96 valence electrons. The Morgan fingerprint density at radius 2 is 1.62 bits per heavy atom. The van der Waals surface area contributed by atoms with Gasteiger partial charge in [-0.05, 0) is 24.2 Å². The molecule has 0 saturated carbocycles. The Hall–Kier alpha value is 0.194. The van der Waals surface area contributed by atoms with E-state index >= 15 is 0 Å². The first kappa shape index (κ1) is 16.2. The number of hydrogen-bond acceptors (Lipinski definition) is 2. The van der Waals surface area contributed by atoms with E-state index in [9.17, 15) is 4.79 Å². The third kappa shape index (κ3) is 5.50. The molecular formula is C11H25ClO2Si2. The molecule has 5 heteroatoms. The SMILES string of the molecule is CC(CC(=O)O[Si](C)(C)C(C)C)[Si](C)(C)Cl. The molecule has 1 unspecified atom stereocenters. The Morgan fingerprint density at radius 1 is 1.19 bits per heavy atom. The summed E-state index contributed by atoms with van der Waals surface area (Å²) >= 11 is 6.30. The van der Waals surface area contributed by atoms with E-state index in [2.05, 4.69) is 40.0 Å². The normalized spacial score (nSPS) is 15.1. The second kappa shape index (κ2) is 5.69. The molecule has 0 aliphatic carbocycles. The molecule has 0 bridgehead atoms. The van der Waals surface area contributed by atoms with Crippen LogP contribution in [-0.4, -0.2) is 21.7 Å². The van der Waals surface area contributed by atoms with Crippen LogP contribution in [0.3, 0.4) is 0 Å². The van der Waals surface area contributed by atoms with Gasteiger partial charge in [-0.2, -0.15) is 11.1 Å². The van der Waals surface area contributed by atoms with Crippen LogP contribution in [0.15, 0.2) is 0 Å². The molecule has 0 aliphatic heterocycles. The Balaban J connectivity index is 4.30. The van der Waals surface area contributed by atoms with Gasteiger partial charge in [0.1, 0.15) is 0 Å². The van der Waals surface area contributed by atoms with Crippen molar-refractivity contribution in [2.75, 3.05) is 0 Å². The van der Waals surface area contributed by atoms with Crippen LogP contribution in [0.2, 0.25) is 37.3 Å². The summed E-state index contributed by atoms with van der Waals surface area (Å²) < 4.78 is 5.63. The van der Waals surface area contributed by atoms with Crippen molar-refractivity contribution in [3.63, 3.8) is 0 Å². The maximum atomic E-state index is 11.8. The highest BCUT2D eigenvalue weighted by atomic mass is 35.6. The van der Waals surface area contributed by atoms with Crippen molar-refractivity contribution in [3.8, 4) is 0 Å². The van der Waals surface area contributed by atoms with Gasteiger partial charge < -0.3 is 4.43 Å². The van der Waals surface area contributed by atoms with E-state index in [-0.39, 0.29) is 11.5 Å². The van der Waals surface area contributed by atoms with Crippen LogP contribution in [0.4, 0.5) is 0 Å². The number of halogens is 1. The van der Waals surface area contributed by atoms with Gasteiger partial charge in [0.05, 0.1) is 0 Å². The third-order valence-corrected chi connectivity index (χ3v) is 10.6. The van der Waals surface area contributed by atoms with Crippen molar-refractivity contribution in [3.05, 3.63) is 0 Å². The Kier molecular flexibility index (Phi) is 5.76. The molecule has 0 aliphatic rings. The van der Waals surface area contributed by atoms with Gasteiger partial charge in [0.15, 0.2) is 7.38 Å². The van der Waals surface area contributed by atoms with Crippen LogP contribution in [0.25, 0.3) is 0 Å². The van der Waals surface area contributed by atoms with E-state index in [1.165, 1.54) is 0 Å². The van der Waals surface area contributed by atoms with Crippen molar-refractivity contribution in [1.82, 2.24) is 0 Å². The van der Waals surface area contributed by atoms with Gasteiger partial charge in [-0.3, -0.25) is 4.79 Å². The molecule has 0 aromatic heterocycles. The lowest BCUT2D eigenvalue weighted by atomic mass is 10.3. The lowest BCUT2D eigenvalue weighted by Gasteiger charge is -2.28. The number of carbonyl (C=O) groups is 1. The minimum atomic E-state index is -1.85. The summed E-state index contributed by atoms with van der Waals surface area (Å²) in [7, 11) is -3.59. The summed E-state index contributed by atoms with van der Waals surface area (Å²) in [5.41, 5.74) is 0.714. The summed E-state index contributed by atoms with van der Waals surface area (Å²) in [5, 5.41) is 0. The van der Waals surface area contributed by atoms with E-state index in [1.54, 1.807) is 0 Å². The van der Waals surface area contributed by atoms with Gasteiger partial charge in [-0.15, -0.1) is 0 Å². The van der Waals surface area contributed by atoms with Gasteiger partial charge in [0, 0.05) is 6.42 Å². The van der Waals surface area contributed by atoms with Crippen molar-refractivity contribution in [2.24, 2.45) is 0 Å². The maximum absolute atomic E-state index is 11.8. The largest absolute Gasteiger partial charge is 0.519 e. The maximum Gasteiger partial charge on any atom is 0.292 e. The van der Waals surface area contributed by atoms with Gasteiger partial charge in [-0.1, -0.05) is 33.9 Å². The minimum absolute atomic E-state index is 0.0703. The Morgan fingerprint density at radius 3 is 1.94 bits per heavy atom. The number of carbonyl (C=O) groups excluding carboxylic acids is 1. The second-order valence-corrected chi connectivity index (χ2v) is 17.5. The molecule has 0 heterocycles. The molecule has 2 nitrogen and oxygen atoms in total. The molecule has 0 N–H and O–H groups in total. The van der Waals surface area contributed by atoms with Crippen LogP contribution in [-0.2, 0) is 9.22 Å². The average Bonchev–Trinajstić information content (AvgIpc) is 2.00. The third-order valence-electron chi connectivity index (χ3n) is 3.41. The van der Waals surface area contributed by atoms with Crippen LogP contribution in [0, 0.1) is 0 Å². The van der Waals surface area contributed by atoms with E-state index in [1.807, 2.05) is 6.92 Å². The lowest BCUT2D eigenvalue weighted by Crippen LogP contribution is -2.37. The molecule has 0 spiro atoms. The molecular weight excluding hydrogens is 256 g/mol. The van der Waals surface area contributed by atoms with Gasteiger partial charge >= 0.3 is 0 Å². The molecule has 0 radical (unpaired) electrons. The first-order valence-electron chi connectivity index (χ1n) is 5.87. The van der Waals surface area contributed by atoms with Crippen LogP contribution >= 0.6 is 11.1 Å². The summed E-state index contributed by atoms with van der Waals surface area (Å²) in [6.45, 7) is 14.6. The standard InChI is InChI=1S/C11H25ClO2Si2/c1-9(2)16(6,7)14-11(13)8-10(3)15(4,5)12/h9-10H,8H2,1-7H3. The molecule has 0 fully saturated rings. The minimum Gasteiger partial charge on any atom is -0.519 e. The van der Waals surface area contributed by atoms with Crippen LogP contribution in [0.5, 0.6) is 0 Å². The predicted molar refractivity (Wildman–Crippen MR) is 76.0 cm³/mol.